The number of hydrogen-bond acceptors (Lipinski definition) is 4. The van der Waals surface area contributed by atoms with Crippen LogP contribution in [-0.4, -0.2) is 20.6 Å². The maximum absolute atomic E-state index is 12.4. The number of carbonyl (C=O) groups is 1. The first-order chi connectivity index (χ1) is 11.3. The van der Waals surface area contributed by atoms with Gasteiger partial charge >= 0.3 is 0 Å². The van der Waals surface area contributed by atoms with E-state index in [4.69, 9.17) is 5.73 Å². The second-order valence-electron chi connectivity index (χ2n) is 5.98. The van der Waals surface area contributed by atoms with Crippen LogP contribution in [0.5, 0.6) is 0 Å². The average Bonchev–Trinajstić information content (AvgIpc) is 2.53. The molecule has 0 fully saturated rings. The minimum atomic E-state index is -3.12. The molecule has 0 aliphatic rings. The van der Waals surface area contributed by atoms with Gasteiger partial charge in [-0.05, 0) is 23.3 Å². The Morgan fingerprint density at radius 1 is 1.12 bits per heavy atom. The summed E-state index contributed by atoms with van der Waals surface area (Å²) in [7, 11) is -3.12. The van der Waals surface area contributed by atoms with E-state index in [-0.39, 0.29) is 11.7 Å². The summed E-state index contributed by atoms with van der Waals surface area (Å²) in [5, 5.41) is 2.80. The standard InChI is InChI=1S/C18H22N2O3S/c1-13(17(19)15-8-4-3-5-9-15)18(21)20-16-10-6-7-14(11-16)12-24(2,22)23/h3-11,13,17H,12,19H2,1-2H3,(H,20,21)/t13-,17-/m0/s1. The van der Waals surface area contributed by atoms with Gasteiger partial charge in [-0.1, -0.05) is 49.4 Å². The highest BCUT2D eigenvalue weighted by molar-refractivity contribution is 7.89. The van der Waals surface area contributed by atoms with Crippen molar-refractivity contribution in [1.82, 2.24) is 0 Å². The monoisotopic (exact) mass is 346 g/mol. The normalized spacial score (nSPS) is 14.0. The molecule has 128 valence electrons. The number of amides is 1. The van der Waals surface area contributed by atoms with Gasteiger partial charge in [-0.25, -0.2) is 8.42 Å². The van der Waals surface area contributed by atoms with Crippen molar-refractivity contribution < 1.29 is 13.2 Å². The third kappa shape index (κ3) is 5.18. The van der Waals surface area contributed by atoms with Crippen molar-refractivity contribution in [3.8, 4) is 0 Å². The molecule has 0 bridgehead atoms. The quantitative estimate of drug-likeness (QED) is 0.841. The first-order valence-electron chi connectivity index (χ1n) is 7.64. The fourth-order valence-electron chi connectivity index (χ4n) is 2.42. The molecule has 0 saturated carbocycles. The van der Waals surface area contributed by atoms with Gasteiger partial charge in [0.05, 0.1) is 11.7 Å². The van der Waals surface area contributed by atoms with E-state index < -0.39 is 21.8 Å². The third-order valence-electron chi connectivity index (χ3n) is 3.76. The van der Waals surface area contributed by atoms with Crippen LogP contribution in [-0.2, 0) is 20.4 Å². The minimum absolute atomic E-state index is 0.0597. The van der Waals surface area contributed by atoms with E-state index in [0.29, 0.717) is 11.3 Å². The molecule has 24 heavy (non-hydrogen) atoms. The fraction of sp³-hybridized carbons (Fsp3) is 0.278. The molecule has 1 amide bonds. The Balaban J connectivity index is 2.07. The number of anilines is 1. The summed E-state index contributed by atoms with van der Waals surface area (Å²) in [6, 6.07) is 15.9. The van der Waals surface area contributed by atoms with Crippen LogP contribution in [0.1, 0.15) is 24.1 Å². The second kappa shape index (κ2) is 7.59. The third-order valence-corrected chi connectivity index (χ3v) is 4.62. The lowest BCUT2D eigenvalue weighted by Gasteiger charge is -2.20. The van der Waals surface area contributed by atoms with Gasteiger partial charge in [0.15, 0.2) is 9.84 Å². The van der Waals surface area contributed by atoms with Crippen molar-refractivity contribution in [3.63, 3.8) is 0 Å². The average molecular weight is 346 g/mol. The molecule has 6 heteroatoms. The lowest BCUT2D eigenvalue weighted by molar-refractivity contribution is -0.120. The van der Waals surface area contributed by atoms with Crippen molar-refractivity contribution >= 4 is 21.4 Å². The van der Waals surface area contributed by atoms with Gasteiger partial charge in [0.2, 0.25) is 5.91 Å². The van der Waals surface area contributed by atoms with E-state index in [9.17, 15) is 13.2 Å². The van der Waals surface area contributed by atoms with Crippen LogP contribution in [0.4, 0.5) is 5.69 Å². The number of sulfone groups is 1. The smallest absolute Gasteiger partial charge is 0.229 e. The van der Waals surface area contributed by atoms with Crippen LogP contribution >= 0.6 is 0 Å². The summed E-state index contributed by atoms with van der Waals surface area (Å²) in [6.07, 6.45) is 1.18. The molecule has 0 aliphatic carbocycles. The molecule has 2 aromatic rings. The maximum atomic E-state index is 12.4. The van der Waals surface area contributed by atoms with Gasteiger partial charge < -0.3 is 11.1 Å². The van der Waals surface area contributed by atoms with Crippen molar-refractivity contribution in [2.45, 2.75) is 18.7 Å². The molecule has 0 heterocycles. The number of hydrogen-bond donors (Lipinski definition) is 2. The number of nitrogens with two attached hydrogens (primary N) is 1. The molecule has 0 aromatic heterocycles. The van der Waals surface area contributed by atoms with E-state index in [2.05, 4.69) is 5.32 Å². The highest BCUT2D eigenvalue weighted by Crippen LogP contribution is 2.21. The zero-order valence-corrected chi connectivity index (χ0v) is 14.6. The zero-order valence-electron chi connectivity index (χ0n) is 13.8. The molecule has 0 spiro atoms. The highest BCUT2D eigenvalue weighted by atomic mass is 32.2. The molecule has 0 unspecified atom stereocenters. The van der Waals surface area contributed by atoms with Crippen molar-refractivity contribution in [3.05, 3.63) is 65.7 Å². The Bertz CT molecular complexity index is 804. The summed E-state index contributed by atoms with van der Waals surface area (Å²) in [5.74, 6) is -0.690. The minimum Gasteiger partial charge on any atom is -0.326 e. The van der Waals surface area contributed by atoms with Gasteiger partial charge in [0, 0.05) is 18.0 Å². The number of nitrogens with one attached hydrogen (secondary N) is 1. The molecule has 2 rings (SSSR count). The first kappa shape index (κ1) is 18.2. The number of rotatable bonds is 6. The Kier molecular flexibility index (Phi) is 5.75. The molecular weight excluding hydrogens is 324 g/mol. The van der Waals surface area contributed by atoms with Crippen molar-refractivity contribution in [2.24, 2.45) is 11.7 Å². The first-order valence-corrected chi connectivity index (χ1v) is 9.70. The van der Waals surface area contributed by atoms with Crippen LogP contribution in [0.2, 0.25) is 0 Å². The summed E-state index contributed by atoms with van der Waals surface area (Å²) in [4.78, 5) is 12.4. The molecule has 0 saturated heterocycles. The van der Waals surface area contributed by atoms with E-state index in [1.807, 2.05) is 30.3 Å². The molecule has 0 aliphatic heterocycles. The lowest BCUT2D eigenvalue weighted by Crippen LogP contribution is -2.30. The Hall–Kier alpha value is -2.18. The van der Waals surface area contributed by atoms with Crippen LogP contribution in [0.3, 0.4) is 0 Å². The summed E-state index contributed by atoms with van der Waals surface area (Å²) in [5.41, 5.74) is 8.26. The lowest BCUT2D eigenvalue weighted by atomic mass is 9.94. The van der Waals surface area contributed by atoms with E-state index in [1.165, 1.54) is 6.26 Å². The van der Waals surface area contributed by atoms with E-state index in [1.54, 1.807) is 31.2 Å². The Morgan fingerprint density at radius 2 is 1.79 bits per heavy atom. The van der Waals surface area contributed by atoms with Gasteiger partial charge in [-0.15, -0.1) is 0 Å². The molecule has 5 nitrogen and oxygen atoms in total. The predicted octanol–water partition coefficient (Wildman–Crippen LogP) is 2.51. The van der Waals surface area contributed by atoms with Crippen LogP contribution in [0.25, 0.3) is 0 Å². The summed E-state index contributed by atoms with van der Waals surface area (Å²) < 4.78 is 22.8. The SMILES string of the molecule is C[C@H](C(=O)Nc1cccc(CS(C)(=O)=O)c1)[C@H](N)c1ccccc1. The number of carbonyl (C=O) groups excluding carboxylic acids is 1. The van der Waals surface area contributed by atoms with Crippen LogP contribution in [0.15, 0.2) is 54.6 Å². The molecular formula is C18H22N2O3S. The molecule has 3 N–H and O–H groups in total. The number of benzene rings is 2. The van der Waals surface area contributed by atoms with Gasteiger partial charge in [-0.3, -0.25) is 4.79 Å². The molecule has 0 radical (unpaired) electrons. The van der Waals surface area contributed by atoms with Crippen LogP contribution in [0, 0.1) is 5.92 Å². The van der Waals surface area contributed by atoms with E-state index >= 15 is 0 Å². The topological polar surface area (TPSA) is 89.3 Å². The Morgan fingerprint density at radius 3 is 2.42 bits per heavy atom. The molecule has 2 atom stereocenters. The maximum Gasteiger partial charge on any atom is 0.229 e. The Labute approximate surface area is 142 Å². The highest BCUT2D eigenvalue weighted by Gasteiger charge is 2.22. The largest absolute Gasteiger partial charge is 0.326 e. The predicted molar refractivity (Wildman–Crippen MR) is 96.2 cm³/mol. The van der Waals surface area contributed by atoms with Gasteiger partial charge in [-0.2, -0.15) is 0 Å². The van der Waals surface area contributed by atoms with Gasteiger partial charge in [0.25, 0.3) is 0 Å². The summed E-state index contributed by atoms with van der Waals surface area (Å²) >= 11 is 0. The fourth-order valence-corrected chi connectivity index (χ4v) is 3.21. The summed E-state index contributed by atoms with van der Waals surface area (Å²) in [6.45, 7) is 1.77. The van der Waals surface area contributed by atoms with E-state index in [0.717, 1.165) is 5.56 Å². The van der Waals surface area contributed by atoms with Gasteiger partial charge in [0.1, 0.15) is 0 Å². The van der Waals surface area contributed by atoms with Crippen molar-refractivity contribution in [1.29, 1.82) is 0 Å². The van der Waals surface area contributed by atoms with Crippen LogP contribution < -0.4 is 11.1 Å². The van der Waals surface area contributed by atoms with Crippen molar-refractivity contribution in [2.75, 3.05) is 11.6 Å². The molecule has 2 aromatic carbocycles. The second-order valence-corrected chi connectivity index (χ2v) is 8.13. The zero-order chi connectivity index (χ0) is 17.7.